The molecule has 0 radical (unpaired) electrons. The molecule has 0 atom stereocenters. The molecule has 0 aromatic carbocycles. The predicted molar refractivity (Wildman–Crippen MR) is 461 cm³/mol. The van der Waals surface area contributed by atoms with Gasteiger partial charge in [0.15, 0.2) is 29.1 Å². The molecule has 0 N–H and O–H groups in total. The lowest BCUT2D eigenvalue weighted by Crippen LogP contribution is -2.15. The van der Waals surface area contributed by atoms with Crippen LogP contribution in [0.2, 0.25) is 0 Å². The first-order valence-electron chi connectivity index (χ1n) is 46.5. The molecule has 12 nitrogen and oxygen atoms in total. The Morgan fingerprint density at radius 1 is 0.157 bits per heavy atom. The molecule has 0 aliphatic rings. The molecule has 0 fully saturated rings. The second-order valence-electron chi connectivity index (χ2n) is 32.3. The topological polar surface area (TPSA) is 155 Å². The molecular weight excluding hydrogens is 1320 g/mol. The fourth-order valence-electron chi connectivity index (χ4n) is 15.8. The van der Waals surface area contributed by atoms with E-state index in [1.54, 1.807) is 0 Å². The van der Waals surface area contributed by atoms with Gasteiger partial charge in [0.25, 0.3) is 0 Å². The fraction of sp³-hybridized carbons (Fsp3) is 0.750. The lowest BCUT2D eigenvalue weighted by molar-refractivity contribution is 0.643. The van der Waals surface area contributed by atoms with Crippen molar-refractivity contribution in [2.24, 2.45) is 0 Å². The maximum Gasteiger partial charge on any atom is 0.163 e. The Balaban J connectivity index is 1.77. The van der Waals surface area contributed by atoms with Gasteiger partial charge in [-0.3, -0.25) is 0 Å². The fourth-order valence-corrected chi connectivity index (χ4v) is 15.8. The van der Waals surface area contributed by atoms with E-state index in [0.717, 1.165) is 319 Å². The molecule has 12 heteroatoms. The largest absolute Gasteiger partial charge is 0.241 e. The van der Waals surface area contributed by atoms with Gasteiger partial charge < -0.3 is 0 Å². The summed E-state index contributed by atoms with van der Waals surface area (Å²) in [5, 5.41) is 0. The molecule has 0 saturated heterocycles. The molecular formula is C96H158N12. The number of aryl methyl sites for hydroxylation is 12. The first-order chi connectivity index (χ1) is 53.2. The van der Waals surface area contributed by atoms with E-state index < -0.39 is 0 Å². The number of rotatable bonds is 65. The summed E-state index contributed by atoms with van der Waals surface area (Å²) in [5.41, 5.74) is 18.7. The van der Waals surface area contributed by atoms with Crippen LogP contribution in [0, 0.1) is 0 Å². The Labute approximate surface area is 662 Å². The number of unbranched alkanes of at least 4 members (excludes halogenated alkanes) is 36. The highest BCUT2D eigenvalue weighted by atomic mass is 15.0. The van der Waals surface area contributed by atoms with E-state index in [-0.39, 0.29) is 0 Å². The standard InChI is InChI=1S/C96H158N12/c1-13-25-37-49-61-75-73-76(62-50-38-26-14-2)100-92(99-75)88-79(65-53-41-29-17-5)103-94(104-80(88)66-54-42-30-18-6)90-83(69-57-45-33-21-9)107-96(108-84(90)70-58-46-34-22-10)91-85(71-59-47-35-23-11)105-95(106-86(91)72-60-48-36-24-12)89-81(67-55-43-31-19-7)101-93(102-82(89)68-56-44-32-20-8)87-77(63-51-39-27-15-3)97-74-98-78(87)64-52-40-28-16-4/h73-74H,13-72H2,1-12H3. The Morgan fingerprint density at radius 3 is 0.481 bits per heavy atom. The minimum atomic E-state index is 0.803. The van der Waals surface area contributed by atoms with Gasteiger partial charge in [-0.25, -0.2) is 59.8 Å². The molecule has 0 aliphatic carbocycles. The summed E-state index contributed by atoms with van der Waals surface area (Å²) in [7, 11) is 0. The maximum atomic E-state index is 6.10. The first kappa shape index (κ1) is 91.4. The zero-order valence-corrected chi connectivity index (χ0v) is 71.9. The zero-order chi connectivity index (χ0) is 77.0. The summed E-state index contributed by atoms with van der Waals surface area (Å²) >= 11 is 0. The van der Waals surface area contributed by atoms with Crippen molar-refractivity contribution in [1.82, 2.24) is 59.8 Å². The van der Waals surface area contributed by atoms with Gasteiger partial charge in [0, 0.05) is 11.4 Å². The second kappa shape index (κ2) is 56.7. The van der Waals surface area contributed by atoms with Gasteiger partial charge in [-0.2, -0.15) is 0 Å². The lowest BCUT2D eigenvalue weighted by atomic mass is 9.95. The minimum absolute atomic E-state index is 0.803. The van der Waals surface area contributed by atoms with Crippen molar-refractivity contribution in [2.45, 2.75) is 468 Å². The molecule has 108 heavy (non-hydrogen) atoms. The van der Waals surface area contributed by atoms with Crippen molar-refractivity contribution in [3.05, 3.63) is 80.7 Å². The minimum Gasteiger partial charge on any atom is -0.241 e. The van der Waals surface area contributed by atoms with E-state index in [1.165, 1.54) is 191 Å². The Kier molecular flexibility index (Phi) is 47.9. The third kappa shape index (κ3) is 31.9. The highest BCUT2D eigenvalue weighted by molar-refractivity contribution is 5.73. The van der Waals surface area contributed by atoms with Gasteiger partial charge >= 0.3 is 0 Å². The van der Waals surface area contributed by atoms with Crippen molar-refractivity contribution in [1.29, 1.82) is 0 Å². The molecule has 0 bridgehead atoms. The predicted octanol–water partition coefficient (Wildman–Crippen LogP) is 28.2. The first-order valence-corrected chi connectivity index (χ1v) is 46.5. The summed E-state index contributed by atoms with van der Waals surface area (Å²) in [6.45, 7) is 27.9. The molecule has 6 aromatic rings. The molecule has 0 saturated carbocycles. The number of hydrogen-bond donors (Lipinski definition) is 0. The molecule has 6 aromatic heterocycles. The molecule has 0 spiro atoms. The molecule has 0 aliphatic heterocycles. The van der Waals surface area contributed by atoms with E-state index in [0.29, 0.717) is 0 Å². The van der Waals surface area contributed by atoms with E-state index in [1.807, 2.05) is 6.33 Å². The highest BCUT2D eigenvalue weighted by Crippen LogP contribution is 2.39. The van der Waals surface area contributed by atoms with Crippen LogP contribution in [0.25, 0.3) is 56.9 Å². The monoisotopic (exact) mass is 1480 g/mol. The lowest BCUT2D eigenvalue weighted by Gasteiger charge is -2.22. The van der Waals surface area contributed by atoms with Crippen LogP contribution in [-0.4, -0.2) is 59.8 Å². The van der Waals surface area contributed by atoms with Gasteiger partial charge in [0.1, 0.15) is 6.33 Å². The maximum absolute atomic E-state index is 6.10. The number of aromatic nitrogens is 12. The SMILES string of the molecule is CCCCCCc1cc(CCCCCC)nc(-c2c(CCCCCC)nc(-c3c(CCCCCC)nc(-c4c(CCCCCC)nc(-c5c(CCCCCC)nc(-c6c(CCCCCC)ncnc6CCCCCC)nc5CCCCCC)nc4CCCCCC)nc3CCCCCC)nc2CCCCCC)n1. The smallest absolute Gasteiger partial charge is 0.163 e. The summed E-state index contributed by atoms with van der Waals surface area (Å²) in [6.07, 6.45) is 68.0. The van der Waals surface area contributed by atoms with Crippen LogP contribution in [0.15, 0.2) is 12.4 Å². The van der Waals surface area contributed by atoms with Crippen molar-refractivity contribution < 1.29 is 0 Å². The summed E-state index contributed by atoms with van der Waals surface area (Å²) < 4.78 is 0. The Morgan fingerprint density at radius 2 is 0.306 bits per heavy atom. The Hall–Kier alpha value is -5.52. The molecule has 6 rings (SSSR count). The van der Waals surface area contributed by atoms with Crippen LogP contribution >= 0.6 is 0 Å². The van der Waals surface area contributed by atoms with Crippen molar-refractivity contribution in [3.8, 4) is 56.9 Å². The third-order valence-corrected chi connectivity index (χ3v) is 22.4. The van der Waals surface area contributed by atoms with Crippen LogP contribution in [0.4, 0.5) is 0 Å². The third-order valence-electron chi connectivity index (χ3n) is 22.4. The van der Waals surface area contributed by atoms with Gasteiger partial charge in [-0.05, 0) is 160 Å². The van der Waals surface area contributed by atoms with Crippen molar-refractivity contribution in [3.63, 3.8) is 0 Å². The average Bonchev–Trinajstić information content (AvgIpc) is 0.753. The van der Waals surface area contributed by atoms with Gasteiger partial charge in [-0.1, -0.05) is 314 Å². The quantitative estimate of drug-likeness (QED) is 0.0334. The average molecular weight is 1480 g/mol. The highest BCUT2D eigenvalue weighted by Gasteiger charge is 2.30. The summed E-state index contributed by atoms with van der Waals surface area (Å²) in [5.74, 6) is 4.09. The van der Waals surface area contributed by atoms with E-state index in [9.17, 15) is 0 Å². The van der Waals surface area contributed by atoms with E-state index in [2.05, 4.69) is 89.2 Å². The zero-order valence-electron chi connectivity index (χ0n) is 71.9. The molecule has 0 unspecified atom stereocenters. The Bertz CT molecular complexity index is 3180. The van der Waals surface area contributed by atoms with Crippen LogP contribution in [-0.2, 0) is 77.0 Å². The normalized spacial score (nSPS) is 11.7. The molecule has 6 heterocycles. The van der Waals surface area contributed by atoms with Crippen LogP contribution in [0.3, 0.4) is 0 Å². The van der Waals surface area contributed by atoms with Gasteiger partial charge in [0.05, 0.1) is 84.8 Å². The number of hydrogen-bond acceptors (Lipinski definition) is 12. The van der Waals surface area contributed by atoms with Crippen molar-refractivity contribution >= 4 is 0 Å². The van der Waals surface area contributed by atoms with Gasteiger partial charge in [0.2, 0.25) is 0 Å². The van der Waals surface area contributed by atoms with Gasteiger partial charge in [-0.15, -0.1) is 0 Å². The molecule has 602 valence electrons. The summed E-state index contributed by atoms with van der Waals surface area (Å²) in [6, 6.07) is 2.35. The molecule has 0 amide bonds. The van der Waals surface area contributed by atoms with Crippen LogP contribution < -0.4 is 0 Å². The van der Waals surface area contributed by atoms with Crippen molar-refractivity contribution in [2.75, 3.05) is 0 Å². The van der Waals surface area contributed by atoms with Crippen LogP contribution in [0.1, 0.15) is 460 Å². The summed E-state index contributed by atoms with van der Waals surface area (Å²) in [4.78, 5) is 69.7. The second-order valence-corrected chi connectivity index (χ2v) is 32.3. The van der Waals surface area contributed by atoms with E-state index in [4.69, 9.17) is 59.8 Å². The number of nitrogens with zero attached hydrogens (tertiary/aromatic N) is 12. The van der Waals surface area contributed by atoms with E-state index >= 15 is 0 Å². The van der Waals surface area contributed by atoms with Crippen LogP contribution in [0.5, 0.6) is 0 Å².